The van der Waals surface area contributed by atoms with Crippen molar-refractivity contribution in [2.24, 2.45) is 0 Å². The van der Waals surface area contributed by atoms with E-state index in [0.29, 0.717) is 0 Å². The van der Waals surface area contributed by atoms with Crippen LogP contribution in [0, 0.1) is 26.2 Å². The molecule has 0 bridgehead atoms. The Morgan fingerprint density at radius 2 is 1.04 bits per heavy atom. The Morgan fingerprint density at radius 1 is 0.635 bits per heavy atom. The second-order valence-electron chi connectivity index (χ2n) is 12.1. The summed E-state index contributed by atoms with van der Waals surface area (Å²) < 4.78 is 32.4. The summed E-state index contributed by atoms with van der Waals surface area (Å²) in [7, 11) is 0. The Balaban J connectivity index is 1.82. The SMILES string of the molecule is CC(=O)CCC(=O)OC[C@H]1O[C@H](OC(=N)C(Cl)(Cl)Cl)[C@H](OC(=O)c2ccc(C)cc2)[C@@H](OC(=O)c2ccc(C)cc2)[C@@H]1OC(=O)c1ccc(C)cc1. The summed E-state index contributed by atoms with van der Waals surface area (Å²) in [5.41, 5.74) is 2.83. The standard InChI is InChI=1S/C37H36Cl3NO11/c1-20-5-12-24(13-6-20)32(44)49-29-27(19-47-28(43)18-11-23(4)42)48-35(52-36(41)37(38,39)40)31(51-34(46)26-16-9-22(3)10-17-26)30(29)50-33(45)25-14-7-21(2)8-15-25/h5-10,12-17,27,29-31,35,41H,11,18-19H2,1-4H3/t27-,29-,30+,31-,35-/m1/s1. The Bertz CT molecular complexity index is 1770. The molecule has 0 amide bonds. The van der Waals surface area contributed by atoms with E-state index in [1.165, 1.54) is 43.3 Å². The molecule has 1 fully saturated rings. The van der Waals surface area contributed by atoms with E-state index < -0.39 is 70.9 Å². The lowest BCUT2D eigenvalue weighted by atomic mass is 9.97. The van der Waals surface area contributed by atoms with Crippen molar-refractivity contribution in [3.8, 4) is 0 Å². The minimum Gasteiger partial charge on any atom is -0.463 e. The molecule has 0 saturated carbocycles. The molecule has 276 valence electrons. The average molecular weight is 777 g/mol. The third-order valence-electron chi connectivity index (χ3n) is 7.76. The summed E-state index contributed by atoms with van der Waals surface area (Å²) in [4.78, 5) is 65.0. The van der Waals surface area contributed by atoms with Crippen molar-refractivity contribution in [3.05, 3.63) is 106 Å². The Morgan fingerprint density at radius 3 is 1.44 bits per heavy atom. The number of hydrogen-bond acceptors (Lipinski definition) is 12. The molecule has 0 unspecified atom stereocenters. The quantitative estimate of drug-likeness (QED) is 0.0694. The van der Waals surface area contributed by atoms with Gasteiger partial charge in [-0.25, -0.2) is 14.4 Å². The third-order valence-corrected chi connectivity index (χ3v) is 8.28. The maximum atomic E-state index is 13.7. The van der Waals surface area contributed by atoms with Gasteiger partial charge in [-0.1, -0.05) is 87.9 Å². The molecule has 5 atom stereocenters. The van der Waals surface area contributed by atoms with Crippen molar-refractivity contribution in [2.45, 2.75) is 75.0 Å². The first-order valence-corrected chi connectivity index (χ1v) is 17.1. The molecule has 0 radical (unpaired) electrons. The lowest BCUT2D eigenvalue weighted by molar-refractivity contribution is -0.280. The van der Waals surface area contributed by atoms with Crippen molar-refractivity contribution >= 4 is 70.4 Å². The van der Waals surface area contributed by atoms with E-state index in [2.05, 4.69) is 0 Å². The van der Waals surface area contributed by atoms with Gasteiger partial charge in [-0.2, -0.15) is 0 Å². The molecule has 15 heteroatoms. The summed E-state index contributed by atoms with van der Waals surface area (Å²) >= 11 is 17.8. The van der Waals surface area contributed by atoms with Gasteiger partial charge in [0.15, 0.2) is 12.2 Å². The normalized spacial score (nSPS) is 19.9. The summed E-state index contributed by atoms with van der Waals surface area (Å²) in [6.45, 7) is 6.13. The van der Waals surface area contributed by atoms with Gasteiger partial charge in [0.05, 0.1) is 23.1 Å². The smallest absolute Gasteiger partial charge is 0.338 e. The largest absolute Gasteiger partial charge is 0.463 e. The monoisotopic (exact) mass is 775 g/mol. The number of aryl methyl sites for hydroxylation is 3. The second kappa shape index (κ2) is 17.8. The second-order valence-corrected chi connectivity index (χ2v) is 14.4. The van der Waals surface area contributed by atoms with Crippen molar-refractivity contribution in [1.29, 1.82) is 5.41 Å². The third kappa shape index (κ3) is 11.3. The summed E-state index contributed by atoms with van der Waals surface area (Å²) in [5.74, 6) is -4.76. The number of nitrogens with one attached hydrogen (secondary N) is 1. The van der Waals surface area contributed by atoms with Gasteiger partial charge in [0.25, 0.3) is 3.79 Å². The molecule has 1 aliphatic rings. The van der Waals surface area contributed by atoms with Gasteiger partial charge in [0.2, 0.25) is 18.3 Å². The Labute approximate surface area is 315 Å². The molecule has 1 heterocycles. The average Bonchev–Trinajstić information content (AvgIpc) is 3.09. The molecule has 1 N–H and O–H groups in total. The highest BCUT2D eigenvalue weighted by molar-refractivity contribution is 6.76. The van der Waals surface area contributed by atoms with E-state index in [1.807, 2.05) is 20.8 Å². The Kier molecular flexibility index (Phi) is 13.8. The molecule has 12 nitrogen and oxygen atoms in total. The first-order chi connectivity index (χ1) is 24.5. The number of Topliss-reactive ketones (excluding diaryl/α,β-unsaturated/α-hetero) is 1. The molecular weight excluding hydrogens is 741 g/mol. The van der Waals surface area contributed by atoms with Crippen LogP contribution in [-0.4, -0.2) is 76.7 Å². The highest BCUT2D eigenvalue weighted by Crippen LogP contribution is 2.35. The lowest BCUT2D eigenvalue weighted by Gasteiger charge is -2.44. The van der Waals surface area contributed by atoms with Crippen molar-refractivity contribution in [2.75, 3.05) is 6.61 Å². The highest BCUT2D eigenvalue weighted by atomic mass is 35.6. The molecule has 1 aliphatic heterocycles. The number of esters is 4. The van der Waals surface area contributed by atoms with Crippen LogP contribution in [0.1, 0.15) is 67.5 Å². The number of rotatable bonds is 12. The minimum absolute atomic E-state index is 0.0825. The number of carbonyl (C=O) groups is 5. The van der Waals surface area contributed by atoms with Gasteiger partial charge in [0.1, 0.15) is 18.5 Å². The fraction of sp³-hybridized carbons (Fsp3) is 0.351. The number of alkyl halides is 3. The predicted octanol–water partition coefficient (Wildman–Crippen LogP) is 6.59. The summed E-state index contributed by atoms with van der Waals surface area (Å²) in [6, 6.07) is 19.0. The highest BCUT2D eigenvalue weighted by Gasteiger charge is 2.55. The van der Waals surface area contributed by atoms with Crippen LogP contribution in [0.2, 0.25) is 0 Å². The lowest BCUT2D eigenvalue weighted by Crippen LogP contribution is -2.63. The van der Waals surface area contributed by atoms with E-state index in [0.717, 1.165) is 16.7 Å². The van der Waals surface area contributed by atoms with Crippen molar-refractivity contribution in [1.82, 2.24) is 0 Å². The van der Waals surface area contributed by atoms with Crippen molar-refractivity contribution < 1.29 is 52.4 Å². The first kappa shape index (κ1) is 40.3. The molecule has 3 aromatic carbocycles. The zero-order chi connectivity index (χ0) is 38.2. The molecule has 52 heavy (non-hydrogen) atoms. The number of hydrogen-bond donors (Lipinski definition) is 1. The number of ketones is 1. The zero-order valence-corrected chi connectivity index (χ0v) is 30.8. The van der Waals surface area contributed by atoms with Crippen molar-refractivity contribution in [3.63, 3.8) is 0 Å². The number of benzene rings is 3. The molecule has 3 aromatic rings. The van der Waals surface area contributed by atoms with Crippen LogP contribution in [0.3, 0.4) is 0 Å². The van der Waals surface area contributed by atoms with Crippen LogP contribution in [0.25, 0.3) is 0 Å². The first-order valence-electron chi connectivity index (χ1n) is 16.0. The zero-order valence-electron chi connectivity index (χ0n) is 28.6. The minimum atomic E-state index is -2.42. The predicted molar refractivity (Wildman–Crippen MR) is 190 cm³/mol. The number of halogens is 3. The number of ether oxygens (including phenoxy) is 6. The van der Waals surface area contributed by atoms with E-state index in [-0.39, 0.29) is 35.3 Å². The van der Waals surface area contributed by atoms with Crippen LogP contribution in [0.15, 0.2) is 72.8 Å². The maximum Gasteiger partial charge on any atom is 0.338 e. The van der Waals surface area contributed by atoms with E-state index in [1.54, 1.807) is 36.4 Å². The van der Waals surface area contributed by atoms with Gasteiger partial charge in [-0.15, -0.1) is 0 Å². The van der Waals surface area contributed by atoms with Gasteiger partial charge < -0.3 is 33.2 Å². The Hall–Kier alpha value is -4.49. The van der Waals surface area contributed by atoms with Crippen LogP contribution < -0.4 is 0 Å². The molecule has 0 spiro atoms. The van der Waals surface area contributed by atoms with Gasteiger partial charge >= 0.3 is 23.9 Å². The van der Waals surface area contributed by atoms with Gasteiger partial charge in [-0.3, -0.25) is 10.2 Å². The van der Waals surface area contributed by atoms with E-state index in [4.69, 9.17) is 68.6 Å². The molecule has 0 aliphatic carbocycles. The molecule has 4 rings (SSSR count). The van der Waals surface area contributed by atoms with Gasteiger partial charge in [-0.05, 0) is 64.1 Å². The van der Waals surface area contributed by atoms with E-state index >= 15 is 0 Å². The van der Waals surface area contributed by atoms with Gasteiger partial charge in [0, 0.05) is 6.42 Å². The van der Waals surface area contributed by atoms with Crippen LogP contribution in [0.4, 0.5) is 0 Å². The van der Waals surface area contributed by atoms with Crippen LogP contribution in [0.5, 0.6) is 0 Å². The number of carbonyl (C=O) groups excluding carboxylic acids is 5. The molecule has 0 aromatic heterocycles. The van der Waals surface area contributed by atoms with Crippen LogP contribution in [-0.2, 0) is 38.0 Å². The summed E-state index contributed by atoms with van der Waals surface area (Å²) in [6.07, 6.45) is -8.87. The van der Waals surface area contributed by atoms with Crippen LogP contribution >= 0.6 is 34.8 Å². The maximum absolute atomic E-state index is 13.7. The topological polar surface area (TPSA) is 165 Å². The van der Waals surface area contributed by atoms with E-state index in [9.17, 15) is 24.0 Å². The fourth-order valence-corrected chi connectivity index (χ4v) is 4.99. The molecular formula is C37H36Cl3NO11. The fourth-order valence-electron chi connectivity index (χ4n) is 4.86. The molecule has 1 saturated heterocycles. The summed E-state index contributed by atoms with van der Waals surface area (Å²) in [5, 5.41) is 8.27.